The van der Waals surface area contributed by atoms with Crippen molar-refractivity contribution in [1.29, 1.82) is 0 Å². The van der Waals surface area contributed by atoms with Crippen LogP contribution in [0.4, 0.5) is 0 Å². The molecule has 0 aliphatic heterocycles. The first-order valence-corrected chi connectivity index (χ1v) is 2.83. The van der Waals surface area contributed by atoms with Crippen molar-refractivity contribution in [3.63, 3.8) is 0 Å². The lowest BCUT2D eigenvalue weighted by atomic mass is 10.2. The van der Waals surface area contributed by atoms with E-state index in [4.69, 9.17) is 10.8 Å². The van der Waals surface area contributed by atoms with Gasteiger partial charge in [0.05, 0.1) is 6.73 Å². The summed E-state index contributed by atoms with van der Waals surface area (Å²) >= 11 is 0. The summed E-state index contributed by atoms with van der Waals surface area (Å²) in [5, 5.41) is 11.0. The lowest BCUT2D eigenvalue weighted by Gasteiger charge is -2.06. The van der Waals surface area contributed by atoms with Gasteiger partial charge in [-0.15, -0.1) is 0 Å². The third kappa shape index (κ3) is 4.05. The van der Waals surface area contributed by atoms with Crippen molar-refractivity contribution in [2.75, 3.05) is 19.8 Å². The van der Waals surface area contributed by atoms with E-state index in [0.29, 0.717) is 12.5 Å². The minimum atomic E-state index is 0.0460. The topological polar surface area (TPSA) is 58.3 Å². The molecule has 0 aromatic heterocycles. The van der Waals surface area contributed by atoms with Gasteiger partial charge in [0.1, 0.15) is 0 Å². The molecule has 0 saturated carbocycles. The van der Waals surface area contributed by atoms with Gasteiger partial charge in [-0.3, -0.25) is 5.32 Å². The molecule has 50 valence electrons. The van der Waals surface area contributed by atoms with Crippen LogP contribution in [-0.4, -0.2) is 24.9 Å². The molecule has 0 aliphatic carbocycles. The monoisotopic (exact) mass is 118 g/mol. The first-order chi connectivity index (χ1) is 3.81. The molecule has 4 N–H and O–H groups in total. The summed E-state index contributed by atoms with van der Waals surface area (Å²) in [6.07, 6.45) is 0. The van der Waals surface area contributed by atoms with Gasteiger partial charge < -0.3 is 10.8 Å². The van der Waals surface area contributed by atoms with Crippen LogP contribution in [0.25, 0.3) is 0 Å². The molecule has 3 heteroatoms. The summed E-state index contributed by atoms with van der Waals surface area (Å²) in [6, 6.07) is 0. The van der Waals surface area contributed by atoms with Crippen molar-refractivity contribution in [2.45, 2.75) is 6.92 Å². The maximum absolute atomic E-state index is 8.26. The van der Waals surface area contributed by atoms with Crippen LogP contribution in [0, 0.1) is 5.92 Å². The molecule has 1 unspecified atom stereocenters. The first-order valence-electron chi connectivity index (χ1n) is 2.83. The SMILES string of the molecule is CC(CN)CNCO. The fourth-order valence-corrected chi connectivity index (χ4v) is 0.394. The van der Waals surface area contributed by atoms with E-state index in [1.807, 2.05) is 6.92 Å². The average molecular weight is 118 g/mol. The molecule has 0 heterocycles. The Kier molecular flexibility index (Phi) is 4.95. The highest BCUT2D eigenvalue weighted by atomic mass is 16.3. The highest BCUT2D eigenvalue weighted by Crippen LogP contribution is 1.84. The molecule has 0 saturated heterocycles. The largest absolute Gasteiger partial charge is 0.381 e. The van der Waals surface area contributed by atoms with Crippen molar-refractivity contribution in [1.82, 2.24) is 5.32 Å². The Morgan fingerprint density at radius 3 is 2.75 bits per heavy atom. The van der Waals surface area contributed by atoms with Gasteiger partial charge in [0, 0.05) is 6.54 Å². The van der Waals surface area contributed by atoms with Gasteiger partial charge in [-0.2, -0.15) is 0 Å². The van der Waals surface area contributed by atoms with Gasteiger partial charge in [-0.25, -0.2) is 0 Å². The van der Waals surface area contributed by atoms with E-state index in [1.165, 1.54) is 0 Å². The van der Waals surface area contributed by atoms with Crippen LogP contribution in [0.15, 0.2) is 0 Å². The predicted molar refractivity (Wildman–Crippen MR) is 33.3 cm³/mol. The first kappa shape index (κ1) is 7.88. The second-order valence-corrected chi connectivity index (χ2v) is 1.95. The van der Waals surface area contributed by atoms with Crippen LogP contribution >= 0.6 is 0 Å². The second kappa shape index (κ2) is 5.03. The summed E-state index contributed by atoms with van der Waals surface area (Å²) in [4.78, 5) is 0. The van der Waals surface area contributed by atoms with Gasteiger partial charge in [0.25, 0.3) is 0 Å². The van der Waals surface area contributed by atoms with E-state index in [-0.39, 0.29) is 6.73 Å². The van der Waals surface area contributed by atoms with Crippen LogP contribution < -0.4 is 11.1 Å². The van der Waals surface area contributed by atoms with Gasteiger partial charge in [0.15, 0.2) is 0 Å². The zero-order valence-corrected chi connectivity index (χ0v) is 5.22. The van der Waals surface area contributed by atoms with Crippen molar-refractivity contribution >= 4 is 0 Å². The summed E-state index contributed by atoms with van der Waals surface area (Å²) in [7, 11) is 0. The number of nitrogens with one attached hydrogen (secondary N) is 1. The van der Waals surface area contributed by atoms with E-state index in [1.54, 1.807) is 0 Å². The minimum absolute atomic E-state index is 0.0460. The summed E-state index contributed by atoms with van der Waals surface area (Å²) in [5.41, 5.74) is 5.29. The lowest BCUT2D eigenvalue weighted by molar-refractivity contribution is 0.253. The average Bonchev–Trinajstić information content (AvgIpc) is 1.83. The van der Waals surface area contributed by atoms with Crippen LogP contribution in [0.2, 0.25) is 0 Å². The van der Waals surface area contributed by atoms with Gasteiger partial charge in [0.2, 0.25) is 0 Å². The Bertz CT molecular complexity index is 49.7. The molecule has 8 heavy (non-hydrogen) atoms. The summed E-state index contributed by atoms with van der Waals surface area (Å²) in [5.74, 6) is 0.460. The van der Waals surface area contributed by atoms with Crippen molar-refractivity contribution < 1.29 is 5.11 Å². The Morgan fingerprint density at radius 2 is 2.38 bits per heavy atom. The number of hydrogen-bond donors (Lipinski definition) is 3. The zero-order chi connectivity index (χ0) is 6.41. The number of nitrogens with two attached hydrogens (primary N) is 1. The Balaban J connectivity index is 2.86. The van der Waals surface area contributed by atoms with E-state index in [2.05, 4.69) is 5.32 Å². The van der Waals surface area contributed by atoms with E-state index < -0.39 is 0 Å². The predicted octanol–water partition coefficient (Wildman–Crippen LogP) is -0.879. The molecular weight excluding hydrogens is 104 g/mol. The molecule has 0 bridgehead atoms. The van der Waals surface area contributed by atoms with Gasteiger partial charge in [-0.05, 0) is 12.5 Å². The molecule has 3 nitrogen and oxygen atoms in total. The fourth-order valence-electron chi connectivity index (χ4n) is 0.394. The molecule has 0 aliphatic rings. The van der Waals surface area contributed by atoms with Crippen molar-refractivity contribution in [3.8, 4) is 0 Å². The molecule has 0 fully saturated rings. The lowest BCUT2D eigenvalue weighted by Crippen LogP contribution is -2.26. The second-order valence-electron chi connectivity index (χ2n) is 1.95. The highest BCUT2D eigenvalue weighted by molar-refractivity contribution is 4.53. The van der Waals surface area contributed by atoms with Crippen LogP contribution in [0.5, 0.6) is 0 Å². The number of aliphatic hydroxyl groups excluding tert-OH is 1. The standard InChI is InChI=1S/C5H14N2O/c1-5(2-6)3-7-4-8/h5,7-8H,2-4,6H2,1H3. The molecule has 0 spiro atoms. The Labute approximate surface area is 49.9 Å². The molecule has 0 amide bonds. The third-order valence-corrected chi connectivity index (χ3v) is 1.01. The normalized spacial score (nSPS) is 13.9. The quantitative estimate of drug-likeness (QED) is 0.420. The Morgan fingerprint density at radius 1 is 1.75 bits per heavy atom. The maximum Gasteiger partial charge on any atom is 0.0931 e. The fraction of sp³-hybridized carbons (Fsp3) is 1.00. The van der Waals surface area contributed by atoms with E-state index in [0.717, 1.165) is 6.54 Å². The molecule has 1 atom stereocenters. The molecule has 0 aromatic carbocycles. The summed E-state index contributed by atoms with van der Waals surface area (Å²) in [6.45, 7) is 3.55. The van der Waals surface area contributed by atoms with Crippen molar-refractivity contribution in [2.24, 2.45) is 11.7 Å². The molecule has 0 radical (unpaired) electrons. The number of hydrogen-bond acceptors (Lipinski definition) is 3. The zero-order valence-electron chi connectivity index (χ0n) is 5.22. The van der Waals surface area contributed by atoms with Gasteiger partial charge >= 0.3 is 0 Å². The van der Waals surface area contributed by atoms with Crippen LogP contribution in [0.1, 0.15) is 6.92 Å². The van der Waals surface area contributed by atoms with Crippen molar-refractivity contribution in [3.05, 3.63) is 0 Å². The molecule has 0 aromatic rings. The highest BCUT2D eigenvalue weighted by Gasteiger charge is 1.94. The Hall–Kier alpha value is -0.120. The maximum atomic E-state index is 8.26. The number of rotatable bonds is 4. The minimum Gasteiger partial charge on any atom is -0.381 e. The van der Waals surface area contributed by atoms with Gasteiger partial charge in [-0.1, -0.05) is 6.92 Å². The smallest absolute Gasteiger partial charge is 0.0931 e. The third-order valence-electron chi connectivity index (χ3n) is 1.01. The summed E-state index contributed by atoms with van der Waals surface area (Å²) < 4.78 is 0. The van der Waals surface area contributed by atoms with Crippen LogP contribution in [-0.2, 0) is 0 Å². The molecule has 0 rings (SSSR count). The van der Waals surface area contributed by atoms with E-state index in [9.17, 15) is 0 Å². The number of aliphatic hydroxyl groups is 1. The van der Waals surface area contributed by atoms with E-state index >= 15 is 0 Å². The molecular formula is C5H14N2O. The van der Waals surface area contributed by atoms with Crippen LogP contribution in [0.3, 0.4) is 0 Å².